The van der Waals surface area contributed by atoms with Crippen molar-refractivity contribution in [2.24, 2.45) is 0 Å². The van der Waals surface area contributed by atoms with E-state index in [1.807, 2.05) is 0 Å². The Hall–Kier alpha value is -1.89. The van der Waals surface area contributed by atoms with Gasteiger partial charge in [0.05, 0.1) is 16.2 Å². The van der Waals surface area contributed by atoms with Gasteiger partial charge >= 0.3 is 0 Å². The summed E-state index contributed by atoms with van der Waals surface area (Å²) in [5, 5.41) is 10.1. The van der Waals surface area contributed by atoms with Crippen LogP contribution < -0.4 is 4.31 Å². The molecule has 0 saturated carbocycles. The summed E-state index contributed by atoms with van der Waals surface area (Å²) in [7, 11) is -2.18. The van der Waals surface area contributed by atoms with Crippen molar-refractivity contribution in [3.8, 4) is 0 Å². The van der Waals surface area contributed by atoms with E-state index < -0.39 is 20.2 Å². The van der Waals surface area contributed by atoms with Gasteiger partial charge in [-0.2, -0.15) is 0 Å². The van der Waals surface area contributed by atoms with Crippen molar-refractivity contribution in [1.82, 2.24) is 0 Å². The highest BCUT2D eigenvalue weighted by atomic mass is 32.2. The number of nitro groups is 1. The summed E-state index contributed by atoms with van der Waals surface area (Å²) in [6.45, 7) is 3.51. The molecule has 0 saturated heterocycles. The molecular formula is C11H12N2O4S. The van der Waals surface area contributed by atoms with Crippen LogP contribution in [0, 0.1) is 10.1 Å². The first kappa shape index (κ1) is 12.6. The first-order valence-electron chi connectivity index (χ1n) is 5.27. The second-order valence-corrected chi connectivity index (χ2v) is 6.14. The predicted octanol–water partition coefficient (Wildman–Crippen LogP) is 1.99. The van der Waals surface area contributed by atoms with Crippen molar-refractivity contribution < 1.29 is 13.3 Å². The zero-order chi connectivity index (χ0) is 13.5. The molecule has 18 heavy (non-hydrogen) atoms. The summed E-state index contributed by atoms with van der Waals surface area (Å²) in [5.74, 6) is 0. The minimum absolute atomic E-state index is 0.157. The molecule has 6 nitrogen and oxygen atoms in total. The second kappa shape index (κ2) is 4.09. The van der Waals surface area contributed by atoms with Crippen LogP contribution in [0.2, 0.25) is 0 Å². The highest BCUT2D eigenvalue weighted by Gasteiger charge is 2.44. The van der Waals surface area contributed by atoms with E-state index in [1.54, 1.807) is 6.07 Å². The molecular weight excluding hydrogens is 256 g/mol. The molecule has 1 aromatic rings. The highest BCUT2D eigenvalue weighted by molar-refractivity contribution is 7.93. The maximum absolute atomic E-state index is 12.2. The van der Waals surface area contributed by atoms with E-state index in [4.69, 9.17) is 0 Å². The molecule has 0 radical (unpaired) electrons. The van der Waals surface area contributed by atoms with Crippen molar-refractivity contribution in [3.63, 3.8) is 0 Å². The van der Waals surface area contributed by atoms with E-state index in [0.29, 0.717) is 5.69 Å². The van der Waals surface area contributed by atoms with Gasteiger partial charge in [-0.25, -0.2) is 8.42 Å². The van der Waals surface area contributed by atoms with Gasteiger partial charge in [0.2, 0.25) is 10.0 Å². The van der Waals surface area contributed by atoms with Crippen LogP contribution >= 0.6 is 0 Å². The Morgan fingerprint density at radius 2 is 2.22 bits per heavy atom. The molecule has 1 aliphatic heterocycles. The Labute approximate surface area is 105 Å². The van der Waals surface area contributed by atoms with Gasteiger partial charge in [-0.15, -0.1) is 6.58 Å². The van der Waals surface area contributed by atoms with Crippen LogP contribution in [0.5, 0.6) is 0 Å². The van der Waals surface area contributed by atoms with Crippen molar-refractivity contribution in [3.05, 3.63) is 46.5 Å². The third kappa shape index (κ3) is 1.59. The van der Waals surface area contributed by atoms with E-state index in [1.165, 1.54) is 25.3 Å². The first-order chi connectivity index (χ1) is 8.41. The van der Waals surface area contributed by atoms with E-state index in [-0.39, 0.29) is 17.7 Å². The quantitative estimate of drug-likeness (QED) is 0.477. The minimum Gasteiger partial charge on any atom is -0.272 e. The summed E-state index contributed by atoms with van der Waals surface area (Å²) >= 11 is 0. The number of rotatable bonds is 3. The summed E-state index contributed by atoms with van der Waals surface area (Å²) in [6.07, 6.45) is 1.62. The normalized spacial score (nSPS) is 20.5. The number of allylic oxidation sites excluding steroid dienone is 1. The summed E-state index contributed by atoms with van der Waals surface area (Å²) < 4.78 is 25.4. The second-order valence-electron chi connectivity index (χ2n) is 3.99. The monoisotopic (exact) mass is 268 g/mol. The topological polar surface area (TPSA) is 80.5 Å². The van der Waals surface area contributed by atoms with Crippen molar-refractivity contribution in [1.29, 1.82) is 0 Å². The van der Waals surface area contributed by atoms with Crippen LogP contribution in [-0.4, -0.2) is 20.4 Å². The molecule has 0 N–H and O–H groups in total. The van der Waals surface area contributed by atoms with Gasteiger partial charge in [0.15, 0.2) is 0 Å². The molecule has 2 rings (SSSR count). The fourth-order valence-electron chi connectivity index (χ4n) is 2.17. The Balaban J connectivity index is 2.75. The molecule has 1 atom stereocenters. The highest BCUT2D eigenvalue weighted by Crippen LogP contribution is 2.47. The van der Waals surface area contributed by atoms with Crippen molar-refractivity contribution >= 4 is 21.4 Å². The zero-order valence-electron chi connectivity index (χ0n) is 9.74. The number of anilines is 1. The lowest BCUT2D eigenvalue weighted by Crippen LogP contribution is -2.23. The van der Waals surface area contributed by atoms with Gasteiger partial charge in [-0.05, 0) is 12.5 Å². The number of hydrogen-bond acceptors (Lipinski definition) is 4. The molecule has 0 amide bonds. The van der Waals surface area contributed by atoms with E-state index >= 15 is 0 Å². The fourth-order valence-corrected chi connectivity index (χ4v) is 3.91. The Bertz CT molecular complexity index is 624. The fraction of sp³-hybridized carbons (Fsp3) is 0.273. The SMILES string of the molecule is C=CCC1c2c(cccc2[N+](=O)[O-])N(C)S1(=O)=O. The molecule has 1 aromatic carbocycles. The van der Waals surface area contributed by atoms with Gasteiger partial charge in [-0.1, -0.05) is 12.1 Å². The van der Waals surface area contributed by atoms with Crippen LogP contribution in [0.1, 0.15) is 17.2 Å². The predicted molar refractivity (Wildman–Crippen MR) is 68.0 cm³/mol. The van der Waals surface area contributed by atoms with Crippen molar-refractivity contribution in [2.75, 3.05) is 11.4 Å². The molecule has 0 fully saturated rings. The molecule has 7 heteroatoms. The van der Waals surface area contributed by atoms with Crippen molar-refractivity contribution in [2.45, 2.75) is 11.7 Å². The largest absolute Gasteiger partial charge is 0.276 e. The average Bonchev–Trinajstić information content (AvgIpc) is 2.51. The third-order valence-electron chi connectivity index (χ3n) is 3.04. The lowest BCUT2D eigenvalue weighted by Gasteiger charge is -2.12. The third-order valence-corrected chi connectivity index (χ3v) is 5.15. The standard InChI is InChI=1S/C11H12N2O4S/c1-3-5-10-11-8(12(2)18(10,16)17)6-4-7-9(11)13(14)15/h3-4,6-7,10H,1,5H2,2H3. The van der Waals surface area contributed by atoms with E-state index in [0.717, 1.165) is 4.31 Å². The smallest absolute Gasteiger partial charge is 0.272 e. The molecule has 1 aliphatic rings. The van der Waals surface area contributed by atoms with Gasteiger partial charge in [0.1, 0.15) is 5.25 Å². The zero-order valence-corrected chi connectivity index (χ0v) is 10.6. The molecule has 0 aromatic heterocycles. The van der Waals surface area contributed by atoms with Gasteiger partial charge in [-0.3, -0.25) is 14.4 Å². The number of nitro benzene ring substituents is 1. The summed E-state index contributed by atoms with van der Waals surface area (Å²) in [6, 6.07) is 4.38. The lowest BCUT2D eigenvalue weighted by molar-refractivity contribution is -0.385. The summed E-state index contributed by atoms with van der Waals surface area (Å²) in [5.41, 5.74) is 0.466. The minimum atomic E-state index is -3.59. The van der Waals surface area contributed by atoms with Gasteiger partial charge in [0, 0.05) is 13.1 Å². The molecule has 1 unspecified atom stereocenters. The molecule has 0 spiro atoms. The lowest BCUT2D eigenvalue weighted by atomic mass is 10.0. The Morgan fingerprint density at radius 1 is 1.56 bits per heavy atom. The van der Waals surface area contributed by atoms with Gasteiger partial charge < -0.3 is 0 Å². The van der Waals surface area contributed by atoms with Crippen LogP contribution in [0.15, 0.2) is 30.9 Å². The first-order valence-corrected chi connectivity index (χ1v) is 6.77. The van der Waals surface area contributed by atoms with Crippen LogP contribution in [-0.2, 0) is 10.0 Å². The Kier molecular flexibility index (Phi) is 2.86. The number of nitrogens with zero attached hydrogens (tertiary/aromatic N) is 2. The molecule has 0 aliphatic carbocycles. The molecule has 0 bridgehead atoms. The van der Waals surface area contributed by atoms with Crippen LogP contribution in [0.3, 0.4) is 0 Å². The maximum Gasteiger partial charge on any atom is 0.276 e. The van der Waals surface area contributed by atoms with E-state index in [9.17, 15) is 18.5 Å². The average molecular weight is 268 g/mol. The number of benzene rings is 1. The van der Waals surface area contributed by atoms with Crippen LogP contribution in [0.25, 0.3) is 0 Å². The number of hydrogen-bond donors (Lipinski definition) is 0. The number of fused-ring (bicyclic) bond motifs is 1. The maximum atomic E-state index is 12.2. The Morgan fingerprint density at radius 3 is 2.78 bits per heavy atom. The molecule has 1 heterocycles. The van der Waals surface area contributed by atoms with Crippen LogP contribution in [0.4, 0.5) is 11.4 Å². The van der Waals surface area contributed by atoms with E-state index in [2.05, 4.69) is 6.58 Å². The van der Waals surface area contributed by atoms with Gasteiger partial charge in [0.25, 0.3) is 5.69 Å². The molecule has 96 valence electrons. The number of sulfonamides is 1. The summed E-state index contributed by atoms with van der Waals surface area (Å²) in [4.78, 5) is 10.4.